The van der Waals surface area contributed by atoms with E-state index in [1.165, 1.54) is 18.2 Å². The number of carbonyl (C=O) groups excluding carboxylic acids is 1. The van der Waals surface area contributed by atoms with Gasteiger partial charge in [-0.05, 0) is 43.5 Å². The molecule has 1 atom stereocenters. The summed E-state index contributed by atoms with van der Waals surface area (Å²) < 4.78 is 32.8. The predicted molar refractivity (Wildman–Crippen MR) is 76.5 cm³/mol. The topological polar surface area (TPSA) is 65.2 Å². The van der Waals surface area contributed by atoms with Crippen LogP contribution in [0.1, 0.15) is 29.4 Å². The summed E-state index contributed by atoms with van der Waals surface area (Å²) in [6.07, 6.45) is 1.34. The van der Waals surface area contributed by atoms with Crippen molar-refractivity contribution in [2.75, 3.05) is 0 Å². The Hall–Kier alpha value is -2.50. The van der Waals surface area contributed by atoms with Crippen molar-refractivity contribution in [2.45, 2.75) is 25.9 Å². The Morgan fingerprint density at radius 1 is 1.32 bits per heavy atom. The molecule has 0 unspecified atom stereocenters. The summed E-state index contributed by atoms with van der Waals surface area (Å²) >= 11 is 0. The Morgan fingerprint density at radius 3 is 2.77 bits per heavy atom. The molecule has 2 aromatic rings. The zero-order valence-corrected chi connectivity index (χ0v) is 11.9. The van der Waals surface area contributed by atoms with E-state index in [1.807, 2.05) is 6.92 Å². The number of nitrogens with two attached hydrogens (primary N) is 1. The number of primary amides is 1. The van der Waals surface area contributed by atoms with Crippen LogP contribution in [-0.4, -0.2) is 17.0 Å². The molecule has 1 aromatic carbocycles. The molecule has 2 heterocycles. The van der Waals surface area contributed by atoms with E-state index >= 15 is 0 Å². The van der Waals surface area contributed by atoms with E-state index < -0.39 is 17.5 Å². The van der Waals surface area contributed by atoms with Crippen molar-refractivity contribution in [3.8, 4) is 17.0 Å². The number of hydrogen-bond donors (Lipinski definition) is 1. The van der Waals surface area contributed by atoms with Crippen LogP contribution in [0.2, 0.25) is 0 Å². The highest BCUT2D eigenvalue weighted by Gasteiger charge is 2.24. The summed E-state index contributed by atoms with van der Waals surface area (Å²) in [5, 5.41) is 0. The maximum absolute atomic E-state index is 14.1. The summed E-state index contributed by atoms with van der Waals surface area (Å²) in [7, 11) is 0. The van der Waals surface area contributed by atoms with Gasteiger partial charge in [0.25, 0.3) is 5.91 Å². The molecule has 3 rings (SSSR count). The molecule has 2 N–H and O–H groups in total. The number of ether oxygens (including phenoxy) is 1. The predicted octanol–water partition coefficient (Wildman–Crippen LogP) is 2.84. The van der Waals surface area contributed by atoms with E-state index in [9.17, 15) is 13.6 Å². The van der Waals surface area contributed by atoms with Crippen molar-refractivity contribution in [3.63, 3.8) is 0 Å². The second kappa shape index (κ2) is 5.36. The van der Waals surface area contributed by atoms with Gasteiger partial charge in [0.05, 0.1) is 6.10 Å². The van der Waals surface area contributed by atoms with E-state index in [4.69, 9.17) is 10.5 Å². The van der Waals surface area contributed by atoms with Gasteiger partial charge in [0.1, 0.15) is 17.3 Å². The first-order valence-electron chi connectivity index (χ1n) is 6.91. The fourth-order valence-electron chi connectivity index (χ4n) is 2.56. The second-order valence-electron chi connectivity index (χ2n) is 5.29. The van der Waals surface area contributed by atoms with Crippen LogP contribution in [0.25, 0.3) is 11.1 Å². The largest absolute Gasteiger partial charge is 0.474 e. The minimum Gasteiger partial charge on any atom is -0.474 e. The molecular weight excluding hydrogens is 290 g/mol. The maximum atomic E-state index is 14.1. The Morgan fingerprint density at radius 2 is 2.09 bits per heavy atom. The van der Waals surface area contributed by atoms with Gasteiger partial charge < -0.3 is 10.5 Å². The molecule has 1 aromatic heterocycles. The fraction of sp³-hybridized carbons (Fsp3) is 0.250. The van der Waals surface area contributed by atoms with E-state index in [0.717, 1.165) is 12.5 Å². The lowest BCUT2D eigenvalue weighted by atomic mass is 9.94. The Bertz CT molecular complexity index is 762. The van der Waals surface area contributed by atoms with Gasteiger partial charge in [-0.25, -0.2) is 13.8 Å². The number of carbonyl (C=O) groups is 1. The number of halogens is 2. The smallest absolute Gasteiger partial charge is 0.267 e. The molecule has 0 spiro atoms. The van der Waals surface area contributed by atoms with Crippen LogP contribution in [0.15, 0.2) is 24.3 Å². The number of hydrogen-bond acceptors (Lipinski definition) is 3. The molecule has 1 aliphatic heterocycles. The Kier molecular flexibility index (Phi) is 3.52. The minimum absolute atomic E-state index is 0.00780. The molecule has 1 amide bonds. The first-order valence-corrected chi connectivity index (χ1v) is 6.91. The number of amides is 1. The van der Waals surface area contributed by atoms with Crippen molar-refractivity contribution in [3.05, 3.63) is 47.2 Å². The number of fused-ring (bicyclic) bond motifs is 1. The summed E-state index contributed by atoms with van der Waals surface area (Å²) in [6, 6.07) is 4.74. The van der Waals surface area contributed by atoms with Gasteiger partial charge in [-0.1, -0.05) is 0 Å². The van der Waals surface area contributed by atoms with Crippen molar-refractivity contribution < 1.29 is 18.3 Å². The van der Waals surface area contributed by atoms with E-state index in [-0.39, 0.29) is 23.2 Å². The molecule has 0 aliphatic carbocycles. The number of pyridine rings is 1. The molecule has 0 bridgehead atoms. The average Bonchev–Trinajstić information content (AvgIpc) is 2.45. The van der Waals surface area contributed by atoms with E-state index in [1.54, 1.807) is 0 Å². The van der Waals surface area contributed by atoms with Crippen molar-refractivity contribution in [1.82, 2.24) is 4.98 Å². The van der Waals surface area contributed by atoms with Crippen molar-refractivity contribution in [2.24, 2.45) is 5.73 Å². The van der Waals surface area contributed by atoms with Gasteiger partial charge in [0, 0.05) is 17.2 Å². The summed E-state index contributed by atoms with van der Waals surface area (Å²) in [5.41, 5.74) is 6.63. The molecule has 4 nitrogen and oxygen atoms in total. The number of rotatable bonds is 2. The van der Waals surface area contributed by atoms with Crippen LogP contribution in [0, 0.1) is 11.6 Å². The van der Waals surface area contributed by atoms with Gasteiger partial charge in [-0.2, -0.15) is 0 Å². The molecule has 1 aliphatic rings. The van der Waals surface area contributed by atoms with Crippen LogP contribution >= 0.6 is 0 Å². The molecule has 0 radical (unpaired) electrons. The highest BCUT2D eigenvalue weighted by Crippen LogP contribution is 2.36. The molecule has 114 valence electrons. The lowest BCUT2D eigenvalue weighted by Crippen LogP contribution is -2.23. The highest BCUT2D eigenvalue weighted by molar-refractivity contribution is 5.93. The molecule has 0 saturated carbocycles. The van der Waals surface area contributed by atoms with Crippen molar-refractivity contribution in [1.29, 1.82) is 0 Å². The van der Waals surface area contributed by atoms with Gasteiger partial charge in [-0.3, -0.25) is 4.79 Å². The van der Waals surface area contributed by atoms with Gasteiger partial charge in [-0.15, -0.1) is 0 Å². The first-order chi connectivity index (χ1) is 10.5. The average molecular weight is 304 g/mol. The zero-order chi connectivity index (χ0) is 15.9. The third-order valence-electron chi connectivity index (χ3n) is 3.67. The maximum Gasteiger partial charge on any atom is 0.267 e. The van der Waals surface area contributed by atoms with Crippen LogP contribution < -0.4 is 10.5 Å². The molecular formula is C16H14F2N2O2. The Balaban J connectivity index is 2.23. The summed E-state index contributed by atoms with van der Waals surface area (Å²) in [4.78, 5) is 15.5. The second-order valence-corrected chi connectivity index (χ2v) is 5.29. The third-order valence-corrected chi connectivity index (χ3v) is 3.67. The minimum atomic E-state index is -0.728. The molecule has 6 heteroatoms. The lowest BCUT2D eigenvalue weighted by molar-refractivity contribution is 0.0992. The number of benzene rings is 1. The van der Waals surface area contributed by atoms with Crippen LogP contribution in [-0.2, 0) is 6.42 Å². The van der Waals surface area contributed by atoms with Crippen LogP contribution in [0.4, 0.5) is 8.78 Å². The summed E-state index contributed by atoms with van der Waals surface area (Å²) in [5.74, 6) is -1.81. The standard InChI is InChI=1S/C16H14F2N2O2/c1-8-2-4-11-12(10-5-3-9(17)6-13(10)18)7-14(15(19)21)20-16(11)22-8/h3,5-8H,2,4H2,1H3,(H2,19,21)/t8-/m0/s1. The monoisotopic (exact) mass is 304 g/mol. The quantitative estimate of drug-likeness (QED) is 0.928. The SMILES string of the molecule is C[C@H]1CCc2c(-c3ccc(F)cc3F)cc(C(N)=O)nc2O1. The van der Waals surface area contributed by atoms with Gasteiger partial charge in [0.15, 0.2) is 0 Å². The van der Waals surface area contributed by atoms with Crippen molar-refractivity contribution >= 4 is 5.91 Å². The number of aromatic nitrogens is 1. The van der Waals surface area contributed by atoms with Gasteiger partial charge >= 0.3 is 0 Å². The fourth-order valence-corrected chi connectivity index (χ4v) is 2.56. The van der Waals surface area contributed by atoms with Crippen LogP contribution in [0.5, 0.6) is 5.88 Å². The van der Waals surface area contributed by atoms with E-state index in [0.29, 0.717) is 17.5 Å². The Labute approximate surface area is 125 Å². The number of nitrogens with zero attached hydrogens (tertiary/aromatic N) is 1. The molecule has 22 heavy (non-hydrogen) atoms. The zero-order valence-electron chi connectivity index (χ0n) is 11.9. The highest BCUT2D eigenvalue weighted by atomic mass is 19.1. The van der Waals surface area contributed by atoms with Gasteiger partial charge in [0.2, 0.25) is 5.88 Å². The lowest BCUT2D eigenvalue weighted by Gasteiger charge is -2.25. The third kappa shape index (κ3) is 2.52. The normalized spacial score (nSPS) is 16.8. The first kappa shape index (κ1) is 14.4. The molecule has 0 fully saturated rings. The summed E-state index contributed by atoms with van der Waals surface area (Å²) in [6.45, 7) is 1.89. The van der Waals surface area contributed by atoms with Crippen LogP contribution in [0.3, 0.4) is 0 Å². The molecule has 0 saturated heterocycles. The van der Waals surface area contributed by atoms with E-state index in [2.05, 4.69) is 4.98 Å².